The third-order valence-electron chi connectivity index (χ3n) is 3.58. The van der Waals surface area contributed by atoms with Crippen molar-refractivity contribution in [2.75, 3.05) is 18.0 Å². The Kier molecular flexibility index (Phi) is 3.52. The van der Waals surface area contributed by atoms with Crippen molar-refractivity contribution in [2.24, 2.45) is 11.1 Å². The monoisotopic (exact) mass is 303 g/mol. The number of anilines is 1. The second-order valence-electron chi connectivity index (χ2n) is 4.82. The first-order valence-corrected chi connectivity index (χ1v) is 5.98. The van der Waals surface area contributed by atoms with Gasteiger partial charge in [0.1, 0.15) is 5.69 Å². The zero-order valence-electron chi connectivity index (χ0n) is 10.7. The zero-order valence-corrected chi connectivity index (χ0v) is 10.7. The van der Waals surface area contributed by atoms with Crippen LogP contribution in [-0.2, 0) is 4.79 Å². The van der Waals surface area contributed by atoms with Gasteiger partial charge in [-0.1, -0.05) is 0 Å². The van der Waals surface area contributed by atoms with E-state index in [4.69, 9.17) is 10.8 Å². The van der Waals surface area contributed by atoms with Crippen molar-refractivity contribution in [2.45, 2.75) is 12.6 Å². The fraction of sp³-hybridized carbons (Fsp3) is 0.417. The van der Waals surface area contributed by atoms with Crippen molar-refractivity contribution >= 4 is 17.6 Å². The zero-order chi connectivity index (χ0) is 15.8. The van der Waals surface area contributed by atoms with Gasteiger partial charge in [-0.25, -0.2) is 0 Å². The molecule has 0 saturated carbocycles. The SMILES string of the molecule is NC(=O)c1cc(N2CCC(C(=O)O)(C(F)(F)F)C2)ccn1. The second-order valence-corrected chi connectivity index (χ2v) is 4.82. The third kappa shape index (κ3) is 2.50. The average molecular weight is 303 g/mol. The molecule has 6 nitrogen and oxygen atoms in total. The lowest BCUT2D eigenvalue weighted by atomic mass is 9.86. The van der Waals surface area contributed by atoms with E-state index in [0.29, 0.717) is 0 Å². The van der Waals surface area contributed by atoms with Crippen molar-refractivity contribution in [3.8, 4) is 0 Å². The fourth-order valence-corrected chi connectivity index (χ4v) is 2.31. The van der Waals surface area contributed by atoms with Gasteiger partial charge in [0.05, 0.1) is 0 Å². The van der Waals surface area contributed by atoms with Crippen LogP contribution < -0.4 is 10.6 Å². The van der Waals surface area contributed by atoms with E-state index in [1.165, 1.54) is 23.2 Å². The molecular weight excluding hydrogens is 291 g/mol. The Bertz CT molecular complexity index is 591. The first-order valence-electron chi connectivity index (χ1n) is 5.98. The molecule has 0 bridgehead atoms. The van der Waals surface area contributed by atoms with Crippen LogP contribution in [0.4, 0.5) is 18.9 Å². The lowest BCUT2D eigenvalue weighted by molar-refractivity contribution is -0.225. The predicted molar refractivity (Wildman–Crippen MR) is 65.7 cm³/mol. The molecule has 1 fully saturated rings. The molecule has 1 saturated heterocycles. The van der Waals surface area contributed by atoms with Crippen LogP contribution in [0.5, 0.6) is 0 Å². The van der Waals surface area contributed by atoms with Crippen molar-refractivity contribution < 1.29 is 27.9 Å². The maximum absolute atomic E-state index is 13.1. The van der Waals surface area contributed by atoms with E-state index >= 15 is 0 Å². The third-order valence-corrected chi connectivity index (χ3v) is 3.58. The molecule has 2 rings (SSSR count). The summed E-state index contributed by atoms with van der Waals surface area (Å²) in [6, 6.07) is 2.65. The predicted octanol–water partition coefficient (Wildman–Crippen LogP) is 1.02. The Labute approximate surface area is 117 Å². The van der Waals surface area contributed by atoms with E-state index in [9.17, 15) is 22.8 Å². The molecule has 0 radical (unpaired) electrons. The van der Waals surface area contributed by atoms with Crippen LogP contribution in [0.1, 0.15) is 16.9 Å². The van der Waals surface area contributed by atoms with Crippen molar-refractivity contribution in [3.63, 3.8) is 0 Å². The topological polar surface area (TPSA) is 96.5 Å². The number of aliphatic carboxylic acids is 1. The van der Waals surface area contributed by atoms with Gasteiger partial charge in [-0.3, -0.25) is 14.6 Å². The normalized spacial score (nSPS) is 22.3. The number of hydrogen-bond donors (Lipinski definition) is 2. The Morgan fingerprint density at radius 2 is 2.10 bits per heavy atom. The Morgan fingerprint density at radius 3 is 2.57 bits per heavy atom. The maximum Gasteiger partial charge on any atom is 0.406 e. The molecule has 3 N–H and O–H groups in total. The molecule has 21 heavy (non-hydrogen) atoms. The van der Waals surface area contributed by atoms with Gasteiger partial charge >= 0.3 is 12.1 Å². The Hall–Kier alpha value is -2.32. The quantitative estimate of drug-likeness (QED) is 0.869. The Morgan fingerprint density at radius 1 is 1.43 bits per heavy atom. The highest BCUT2D eigenvalue weighted by molar-refractivity contribution is 5.91. The fourth-order valence-electron chi connectivity index (χ4n) is 2.31. The summed E-state index contributed by atoms with van der Waals surface area (Å²) in [5.41, 5.74) is 2.45. The van der Waals surface area contributed by atoms with Crippen molar-refractivity contribution in [1.29, 1.82) is 0 Å². The highest BCUT2D eigenvalue weighted by Gasteiger charge is 2.63. The Balaban J connectivity index is 2.32. The van der Waals surface area contributed by atoms with E-state index in [0.717, 1.165) is 0 Å². The molecule has 9 heteroatoms. The summed E-state index contributed by atoms with van der Waals surface area (Å²) in [6.07, 6.45) is -4.17. The largest absolute Gasteiger partial charge is 0.481 e. The number of nitrogens with two attached hydrogens (primary N) is 1. The lowest BCUT2D eigenvalue weighted by Crippen LogP contribution is -2.47. The summed E-state index contributed by atoms with van der Waals surface area (Å²) in [5.74, 6) is -2.71. The molecule has 1 amide bonds. The van der Waals surface area contributed by atoms with Gasteiger partial charge in [0.25, 0.3) is 5.91 Å². The first kappa shape index (κ1) is 15.1. The molecule has 1 aromatic heterocycles. The number of hydrogen-bond acceptors (Lipinski definition) is 4. The molecule has 2 heterocycles. The number of amides is 1. The summed E-state index contributed by atoms with van der Waals surface area (Å²) in [6.45, 7) is -0.803. The van der Waals surface area contributed by atoms with E-state index in [1.54, 1.807) is 0 Å². The molecule has 1 unspecified atom stereocenters. The molecule has 0 aliphatic carbocycles. The molecule has 1 aliphatic heterocycles. The number of alkyl halides is 3. The van der Waals surface area contributed by atoms with Crippen LogP contribution in [0.15, 0.2) is 18.3 Å². The number of primary amides is 1. The minimum Gasteiger partial charge on any atom is -0.481 e. The van der Waals surface area contributed by atoms with Crippen LogP contribution in [0.25, 0.3) is 0 Å². The van der Waals surface area contributed by atoms with E-state index in [1.807, 2.05) is 0 Å². The maximum atomic E-state index is 13.1. The molecule has 1 atom stereocenters. The smallest absolute Gasteiger partial charge is 0.406 e. The number of pyridine rings is 1. The van der Waals surface area contributed by atoms with Crippen LogP contribution in [0, 0.1) is 5.41 Å². The van der Waals surface area contributed by atoms with Crippen molar-refractivity contribution in [1.82, 2.24) is 4.98 Å². The van der Waals surface area contributed by atoms with Crippen LogP contribution in [0.2, 0.25) is 0 Å². The summed E-state index contributed by atoms with van der Waals surface area (Å²) >= 11 is 0. The van der Waals surface area contributed by atoms with Gasteiger partial charge in [-0.2, -0.15) is 13.2 Å². The van der Waals surface area contributed by atoms with Gasteiger partial charge in [0.2, 0.25) is 0 Å². The standard InChI is InChI=1S/C12H12F3N3O3/c13-12(14,15)11(10(20)21)2-4-18(6-11)7-1-3-17-8(5-7)9(16)19/h1,3,5H,2,4,6H2,(H2,16,19)(H,20,21). The highest BCUT2D eigenvalue weighted by Crippen LogP contribution is 2.46. The van der Waals surface area contributed by atoms with Gasteiger partial charge in [-0.05, 0) is 18.6 Å². The van der Waals surface area contributed by atoms with Gasteiger partial charge in [0.15, 0.2) is 5.41 Å². The molecular formula is C12H12F3N3O3. The number of aromatic nitrogens is 1. The van der Waals surface area contributed by atoms with E-state index < -0.39 is 36.4 Å². The second kappa shape index (κ2) is 4.90. The summed E-state index contributed by atoms with van der Waals surface area (Å²) in [4.78, 5) is 27.1. The number of halogens is 3. The lowest BCUT2D eigenvalue weighted by Gasteiger charge is -2.27. The average Bonchev–Trinajstić information content (AvgIpc) is 2.84. The first-order chi connectivity index (χ1) is 9.67. The minimum atomic E-state index is -4.85. The van der Waals surface area contributed by atoms with E-state index in [2.05, 4.69) is 4.98 Å². The molecule has 0 spiro atoms. The number of nitrogens with zero attached hydrogens (tertiary/aromatic N) is 2. The van der Waals surface area contributed by atoms with Gasteiger partial charge in [0, 0.05) is 25.0 Å². The summed E-state index contributed by atoms with van der Waals surface area (Å²) in [5, 5.41) is 8.97. The number of rotatable bonds is 3. The number of carboxylic acid groups (broad SMARTS) is 1. The van der Waals surface area contributed by atoms with Crippen LogP contribution >= 0.6 is 0 Å². The minimum absolute atomic E-state index is 0.0893. The van der Waals surface area contributed by atoms with Gasteiger partial charge < -0.3 is 15.7 Å². The molecule has 0 aromatic carbocycles. The van der Waals surface area contributed by atoms with Crippen LogP contribution in [-0.4, -0.2) is 41.2 Å². The summed E-state index contributed by atoms with van der Waals surface area (Å²) < 4.78 is 39.2. The summed E-state index contributed by atoms with van der Waals surface area (Å²) in [7, 11) is 0. The number of carbonyl (C=O) groups is 2. The molecule has 114 valence electrons. The van der Waals surface area contributed by atoms with E-state index in [-0.39, 0.29) is 17.9 Å². The number of carboxylic acids is 1. The molecule has 1 aromatic rings. The van der Waals surface area contributed by atoms with Gasteiger partial charge in [-0.15, -0.1) is 0 Å². The van der Waals surface area contributed by atoms with Crippen LogP contribution in [0.3, 0.4) is 0 Å². The number of carbonyl (C=O) groups excluding carboxylic acids is 1. The van der Waals surface area contributed by atoms with Crippen molar-refractivity contribution in [3.05, 3.63) is 24.0 Å². The highest BCUT2D eigenvalue weighted by atomic mass is 19.4. The molecule has 1 aliphatic rings.